The molecule has 0 amide bonds. The van der Waals surface area contributed by atoms with Crippen LogP contribution in [0.5, 0.6) is 0 Å². The summed E-state index contributed by atoms with van der Waals surface area (Å²) in [6.45, 7) is 11.6. The van der Waals surface area contributed by atoms with E-state index in [1.54, 1.807) is 6.26 Å². The number of nitrogens with zero attached hydrogens (tertiary/aromatic N) is 1. The van der Waals surface area contributed by atoms with Crippen molar-refractivity contribution in [3.63, 3.8) is 0 Å². The minimum Gasteiger partial charge on any atom is -0.501 e. The molecule has 1 aromatic carbocycles. The van der Waals surface area contributed by atoms with Crippen LogP contribution < -0.4 is 4.90 Å². The summed E-state index contributed by atoms with van der Waals surface area (Å²) in [5.41, 5.74) is 2.67. The molecule has 1 aromatic rings. The van der Waals surface area contributed by atoms with Gasteiger partial charge < -0.3 is 9.64 Å². The zero-order valence-corrected chi connectivity index (χ0v) is 13.4. The minimum atomic E-state index is 0.422. The van der Waals surface area contributed by atoms with Crippen molar-refractivity contribution in [1.29, 1.82) is 0 Å². The van der Waals surface area contributed by atoms with Gasteiger partial charge in [0.25, 0.3) is 0 Å². The van der Waals surface area contributed by atoms with E-state index in [0.717, 1.165) is 19.7 Å². The normalized spacial score (nSPS) is 12.6. The molecule has 0 aromatic heterocycles. The van der Waals surface area contributed by atoms with E-state index in [9.17, 15) is 0 Å². The Morgan fingerprint density at radius 2 is 1.70 bits per heavy atom. The van der Waals surface area contributed by atoms with Gasteiger partial charge in [-0.1, -0.05) is 39.0 Å². The highest BCUT2D eigenvalue weighted by molar-refractivity contribution is 5.48. The number of hydrogen-bond acceptors (Lipinski definition) is 2. The average molecular weight is 275 g/mol. The van der Waals surface area contributed by atoms with E-state index in [0.29, 0.717) is 5.92 Å². The van der Waals surface area contributed by atoms with Crippen LogP contribution in [-0.2, 0) is 4.74 Å². The van der Waals surface area contributed by atoms with Crippen LogP contribution in [-0.4, -0.2) is 19.7 Å². The van der Waals surface area contributed by atoms with Gasteiger partial charge in [0, 0.05) is 24.7 Å². The third-order valence-electron chi connectivity index (χ3n) is 3.39. The topological polar surface area (TPSA) is 12.5 Å². The number of benzene rings is 1. The molecule has 0 fully saturated rings. The summed E-state index contributed by atoms with van der Waals surface area (Å²) in [4.78, 5) is 2.46. The van der Waals surface area contributed by atoms with Crippen LogP contribution in [0.25, 0.3) is 0 Å². The van der Waals surface area contributed by atoms with Crippen molar-refractivity contribution in [2.24, 2.45) is 0 Å². The minimum absolute atomic E-state index is 0.422. The number of anilines is 1. The van der Waals surface area contributed by atoms with Gasteiger partial charge in [-0.2, -0.15) is 0 Å². The Morgan fingerprint density at radius 1 is 1.10 bits per heavy atom. The Kier molecular flexibility index (Phi) is 7.86. The van der Waals surface area contributed by atoms with Crippen LogP contribution in [0.2, 0.25) is 0 Å². The van der Waals surface area contributed by atoms with Gasteiger partial charge in [-0.15, -0.1) is 0 Å². The van der Waals surface area contributed by atoms with E-state index in [1.807, 2.05) is 13.0 Å². The molecule has 0 N–H and O–H groups in total. The van der Waals surface area contributed by atoms with Gasteiger partial charge >= 0.3 is 0 Å². The molecule has 20 heavy (non-hydrogen) atoms. The van der Waals surface area contributed by atoms with Crippen molar-refractivity contribution in [1.82, 2.24) is 0 Å². The highest BCUT2D eigenvalue weighted by Gasteiger charge is 2.08. The van der Waals surface area contributed by atoms with Crippen molar-refractivity contribution < 1.29 is 4.74 Å². The first-order chi connectivity index (χ1) is 9.72. The molecule has 0 aliphatic carbocycles. The van der Waals surface area contributed by atoms with E-state index in [1.165, 1.54) is 24.1 Å². The molecule has 2 heteroatoms. The SMILES string of the molecule is CC=COCC(C)c1ccc(N(CCC)CCC)cc1. The molecule has 0 aliphatic rings. The van der Waals surface area contributed by atoms with E-state index in [-0.39, 0.29) is 0 Å². The fraction of sp³-hybridized carbons (Fsp3) is 0.556. The van der Waals surface area contributed by atoms with Gasteiger partial charge in [0.2, 0.25) is 0 Å². The molecule has 0 bridgehead atoms. The molecule has 1 unspecified atom stereocenters. The molecule has 0 spiro atoms. The quantitative estimate of drug-likeness (QED) is 0.590. The lowest BCUT2D eigenvalue weighted by molar-refractivity contribution is 0.231. The summed E-state index contributed by atoms with van der Waals surface area (Å²) in [5, 5.41) is 0. The molecule has 0 radical (unpaired) electrons. The smallest absolute Gasteiger partial charge is 0.0938 e. The number of rotatable bonds is 9. The predicted octanol–water partition coefficient (Wildman–Crippen LogP) is 4.97. The zero-order chi connectivity index (χ0) is 14.8. The summed E-state index contributed by atoms with van der Waals surface area (Å²) < 4.78 is 5.46. The molecule has 0 saturated carbocycles. The lowest BCUT2D eigenvalue weighted by Crippen LogP contribution is -2.24. The van der Waals surface area contributed by atoms with Crippen molar-refractivity contribution in [3.8, 4) is 0 Å². The zero-order valence-electron chi connectivity index (χ0n) is 13.4. The van der Waals surface area contributed by atoms with Crippen molar-refractivity contribution in [3.05, 3.63) is 42.2 Å². The molecule has 2 nitrogen and oxygen atoms in total. The number of allylic oxidation sites excluding steroid dienone is 1. The second-order valence-corrected chi connectivity index (χ2v) is 5.28. The first kappa shape index (κ1) is 16.6. The maximum Gasteiger partial charge on any atom is 0.0938 e. The van der Waals surface area contributed by atoms with Crippen LogP contribution >= 0.6 is 0 Å². The summed E-state index contributed by atoms with van der Waals surface area (Å²) in [6, 6.07) is 8.95. The van der Waals surface area contributed by atoms with Crippen molar-refractivity contribution in [2.75, 3.05) is 24.6 Å². The second-order valence-electron chi connectivity index (χ2n) is 5.28. The number of hydrogen-bond donors (Lipinski definition) is 0. The molecule has 0 heterocycles. The first-order valence-corrected chi connectivity index (χ1v) is 7.80. The van der Waals surface area contributed by atoms with Gasteiger partial charge in [0.1, 0.15) is 0 Å². The molecule has 0 aliphatic heterocycles. The Hall–Kier alpha value is -1.44. The Labute approximate surface area is 124 Å². The maximum absolute atomic E-state index is 5.46. The summed E-state index contributed by atoms with van der Waals surface area (Å²) in [5.74, 6) is 0.422. The maximum atomic E-state index is 5.46. The van der Waals surface area contributed by atoms with E-state index in [4.69, 9.17) is 4.74 Å². The van der Waals surface area contributed by atoms with Gasteiger partial charge in [-0.3, -0.25) is 0 Å². The van der Waals surface area contributed by atoms with E-state index >= 15 is 0 Å². The highest BCUT2D eigenvalue weighted by Crippen LogP contribution is 2.21. The Balaban J connectivity index is 2.66. The monoisotopic (exact) mass is 275 g/mol. The molecule has 1 rings (SSSR count). The third kappa shape index (κ3) is 5.28. The molecule has 0 saturated heterocycles. The van der Waals surface area contributed by atoms with Crippen molar-refractivity contribution in [2.45, 2.75) is 46.5 Å². The van der Waals surface area contributed by atoms with Gasteiger partial charge in [0.05, 0.1) is 12.9 Å². The van der Waals surface area contributed by atoms with Crippen LogP contribution in [0, 0.1) is 0 Å². The van der Waals surface area contributed by atoms with Gasteiger partial charge in [-0.25, -0.2) is 0 Å². The lowest BCUT2D eigenvalue weighted by Gasteiger charge is -2.24. The van der Waals surface area contributed by atoms with Crippen LogP contribution in [0.15, 0.2) is 36.6 Å². The van der Waals surface area contributed by atoms with Crippen molar-refractivity contribution >= 4 is 5.69 Å². The van der Waals surface area contributed by atoms with E-state index < -0.39 is 0 Å². The average Bonchev–Trinajstić information content (AvgIpc) is 2.47. The van der Waals surface area contributed by atoms with Gasteiger partial charge in [0.15, 0.2) is 0 Å². The molecular weight excluding hydrogens is 246 g/mol. The standard InChI is InChI=1S/C18H29NO/c1-5-12-19(13-6-2)18-10-8-17(9-11-18)16(4)15-20-14-7-3/h7-11,14,16H,5-6,12-13,15H2,1-4H3. The largest absolute Gasteiger partial charge is 0.501 e. The number of ether oxygens (including phenoxy) is 1. The molecule has 1 atom stereocenters. The summed E-state index contributed by atoms with van der Waals surface area (Å²) in [6.07, 6.45) is 6.06. The molecular formula is C18H29NO. The Bertz CT molecular complexity index is 377. The van der Waals surface area contributed by atoms with Crippen LogP contribution in [0.1, 0.15) is 52.0 Å². The summed E-state index contributed by atoms with van der Waals surface area (Å²) in [7, 11) is 0. The third-order valence-corrected chi connectivity index (χ3v) is 3.39. The highest BCUT2D eigenvalue weighted by atomic mass is 16.5. The van der Waals surface area contributed by atoms with Gasteiger partial charge in [-0.05, 0) is 37.5 Å². The molecule has 112 valence electrons. The Morgan fingerprint density at radius 3 is 2.20 bits per heavy atom. The van der Waals surface area contributed by atoms with E-state index in [2.05, 4.69) is 49.9 Å². The van der Waals surface area contributed by atoms with Crippen LogP contribution in [0.4, 0.5) is 5.69 Å². The fourth-order valence-electron chi connectivity index (χ4n) is 2.32. The van der Waals surface area contributed by atoms with Crippen LogP contribution in [0.3, 0.4) is 0 Å². The summed E-state index contributed by atoms with van der Waals surface area (Å²) >= 11 is 0. The lowest BCUT2D eigenvalue weighted by atomic mass is 10.0. The second kappa shape index (κ2) is 9.46. The first-order valence-electron chi connectivity index (χ1n) is 7.80. The predicted molar refractivity (Wildman–Crippen MR) is 88.4 cm³/mol. The fourth-order valence-corrected chi connectivity index (χ4v) is 2.32.